The lowest BCUT2D eigenvalue weighted by molar-refractivity contribution is -0.139. The summed E-state index contributed by atoms with van der Waals surface area (Å²) in [7, 11) is 1.28. The van der Waals surface area contributed by atoms with Crippen LogP contribution in [0.4, 0.5) is 0 Å². The minimum Gasteiger partial charge on any atom is -0.468 e. The van der Waals surface area contributed by atoms with E-state index in [0.29, 0.717) is 12.2 Å². The fourth-order valence-corrected chi connectivity index (χ4v) is 1.34. The summed E-state index contributed by atoms with van der Waals surface area (Å²) < 4.78 is 9.90. The summed E-state index contributed by atoms with van der Waals surface area (Å²) in [6.45, 7) is 4.32. The summed E-state index contributed by atoms with van der Waals surface area (Å²) >= 11 is 0. The first-order valence-corrected chi connectivity index (χ1v) is 6.08. The molecule has 1 aromatic carbocycles. The van der Waals surface area contributed by atoms with Crippen molar-refractivity contribution in [2.75, 3.05) is 13.7 Å². The maximum absolute atomic E-state index is 11.7. The second-order valence-electron chi connectivity index (χ2n) is 4.32. The van der Waals surface area contributed by atoms with Gasteiger partial charge in [0.2, 0.25) is 0 Å². The number of hydrogen-bond donors (Lipinski definition) is 1. The Morgan fingerprint density at radius 3 is 2.37 bits per heavy atom. The van der Waals surface area contributed by atoms with Gasteiger partial charge in [-0.2, -0.15) is 0 Å². The number of ether oxygens (including phenoxy) is 2. The number of carbonyl (C=O) groups excluding carboxylic acids is 2. The van der Waals surface area contributed by atoms with E-state index in [1.165, 1.54) is 7.11 Å². The van der Waals surface area contributed by atoms with Crippen LogP contribution in [-0.2, 0) is 20.9 Å². The van der Waals surface area contributed by atoms with Crippen LogP contribution in [0.2, 0.25) is 0 Å². The van der Waals surface area contributed by atoms with E-state index in [1.807, 2.05) is 26.0 Å². The Morgan fingerprint density at radius 1 is 1.21 bits per heavy atom. The third kappa shape index (κ3) is 5.52. The Hall–Kier alpha value is -1.88. The molecule has 1 N–H and O–H groups in total. The van der Waals surface area contributed by atoms with E-state index >= 15 is 0 Å². The minimum absolute atomic E-state index is 0.131. The Bertz CT molecular complexity index is 426. The largest absolute Gasteiger partial charge is 0.468 e. The monoisotopic (exact) mass is 265 g/mol. The maximum atomic E-state index is 11.7. The van der Waals surface area contributed by atoms with Gasteiger partial charge in [0.1, 0.15) is 6.54 Å². The summed E-state index contributed by atoms with van der Waals surface area (Å²) in [6.07, 6.45) is 0.169. The molecule has 0 aliphatic rings. The molecule has 5 nitrogen and oxygen atoms in total. The molecule has 0 aliphatic heterocycles. The van der Waals surface area contributed by atoms with Gasteiger partial charge in [-0.3, -0.25) is 9.59 Å². The van der Waals surface area contributed by atoms with Crippen molar-refractivity contribution in [3.05, 3.63) is 35.4 Å². The number of nitrogens with one attached hydrogen (secondary N) is 1. The molecule has 0 unspecified atom stereocenters. The van der Waals surface area contributed by atoms with Crippen LogP contribution in [-0.4, -0.2) is 31.6 Å². The lowest BCUT2D eigenvalue weighted by Gasteiger charge is -2.08. The molecule has 5 heteroatoms. The molecule has 19 heavy (non-hydrogen) atoms. The normalized spacial score (nSPS) is 10.3. The molecule has 0 saturated carbocycles. The molecule has 0 fully saturated rings. The topological polar surface area (TPSA) is 64.6 Å². The highest BCUT2D eigenvalue weighted by atomic mass is 16.5. The molecule has 0 spiro atoms. The van der Waals surface area contributed by atoms with E-state index < -0.39 is 5.97 Å². The fourth-order valence-electron chi connectivity index (χ4n) is 1.34. The molecule has 0 bridgehead atoms. The Morgan fingerprint density at radius 2 is 1.84 bits per heavy atom. The van der Waals surface area contributed by atoms with E-state index in [1.54, 1.807) is 12.1 Å². The molecule has 104 valence electrons. The predicted octanol–water partition coefficient (Wildman–Crippen LogP) is 1.51. The van der Waals surface area contributed by atoms with Crippen LogP contribution < -0.4 is 5.32 Å². The van der Waals surface area contributed by atoms with Crippen molar-refractivity contribution in [3.8, 4) is 0 Å². The molecule has 1 aromatic rings. The van der Waals surface area contributed by atoms with Crippen molar-refractivity contribution < 1.29 is 19.1 Å². The number of hydrogen-bond acceptors (Lipinski definition) is 4. The van der Waals surface area contributed by atoms with Crippen LogP contribution >= 0.6 is 0 Å². The molecule has 0 aromatic heterocycles. The molecule has 0 radical (unpaired) electrons. The van der Waals surface area contributed by atoms with Gasteiger partial charge in [-0.15, -0.1) is 0 Å². The lowest BCUT2D eigenvalue weighted by atomic mass is 10.1. The molecular formula is C14H19NO4. The Balaban J connectivity index is 2.51. The van der Waals surface area contributed by atoms with Gasteiger partial charge in [-0.05, 0) is 31.5 Å². The van der Waals surface area contributed by atoms with Gasteiger partial charge in [0.05, 0.1) is 19.8 Å². The average molecular weight is 265 g/mol. The van der Waals surface area contributed by atoms with Crippen molar-refractivity contribution in [2.24, 2.45) is 0 Å². The number of benzene rings is 1. The number of rotatable bonds is 6. The number of esters is 1. The highest BCUT2D eigenvalue weighted by Crippen LogP contribution is 2.07. The zero-order chi connectivity index (χ0) is 14.3. The third-order valence-corrected chi connectivity index (χ3v) is 2.42. The van der Waals surface area contributed by atoms with Crippen molar-refractivity contribution in [3.63, 3.8) is 0 Å². The predicted molar refractivity (Wildman–Crippen MR) is 70.7 cm³/mol. The molecule has 1 rings (SSSR count). The first-order valence-electron chi connectivity index (χ1n) is 6.08. The number of carbonyl (C=O) groups is 2. The van der Waals surface area contributed by atoms with Gasteiger partial charge in [0.25, 0.3) is 5.91 Å². The van der Waals surface area contributed by atoms with Gasteiger partial charge >= 0.3 is 5.97 Å². The van der Waals surface area contributed by atoms with Crippen LogP contribution in [0.15, 0.2) is 24.3 Å². The highest BCUT2D eigenvalue weighted by molar-refractivity contribution is 5.95. The smallest absolute Gasteiger partial charge is 0.325 e. The minimum atomic E-state index is -0.477. The lowest BCUT2D eigenvalue weighted by Crippen LogP contribution is -2.30. The van der Waals surface area contributed by atoms with Crippen LogP contribution in [0.1, 0.15) is 29.8 Å². The molecule has 0 aliphatic carbocycles. The molecule has 1 amide bonds. The zero-order valence-corrected chi connectivity index (χ0v) is 11.4. The van der Waals surface area contributed by atoms with Crippen LogP contribution in [0.5, 0.6) is 0 Å². The van der Waals surface area contributed by atoms with E-state index in [4.69, 9.17) is 4.74 Å². The molecule has 0 atom stereocenters. The zero-order valence-electron chi connectivity index (χ0n) is 11.4. The first kappa shape index (κ1) is 15.2. The number of methoxy groups -OCH3 is 1. The molecule has 0 saturated heterocycles. The first-order chi connectivity index (χ1) is 9.02. The maximum Gasteiger partial charge on any atom is 0.325 e. The SMILES string of the molecule is COC(=O)CNC(=O)c1ccc(COC(C)C)cc1. The third-order valence-electron chi connectivity index (χ3n) is 2.42. The highest BCUT2D eigenvalue weighted by Gasteiger charge is 2.07. The summed E-state index contributed by atoms with van der Waals surface area (Å²) in [5.41, 5.74) is 1.50. The molecular weight excluding hydrogens is 246 g/mol. The van der Waals surface area contributed by atoms with Gasteiger partial charge in [-0.1, -0.05) is 12.1 Å². The Labute approximate surface area is 112 Å². The van der Waals surface area contributed by atoms with Gasteiger partial charge in [0.15, 0.2) is 0 Å². The second kappa shape index (κ2) is 7.53. The Kier molecular flexibility index (Phi) is 6.02. The second-order valence-corrected chi connectivity index (χ2v) is 4.32. The van der Waals surface area contributed by atoms with Gasteiger partial charge in [0, 0.05) is 5.56 Å². The van der Waals surface area contributed by atoms with E-state index in [9.17, 15) is 9.59 Å². The van der Waals surface area contributed by atoms with Crippen LogP contribution in [0, 0.1) is 0 Å². The van der Waals surface area contributed by atoms with E-state index in [-0.39, 0.29) is 18.6 Å². The van der Waals surface area contributed by atoms with E-state index in [2.05, 4.69) is 10.1 Å². The summed E-state index contributed by atoms with van der Waals surface area (Å²) in [5.74, 6) is -0.781. The fraction of sp³-hybridized carbons (Fsp3) is 0.429. The van der Waals surface area contributed by atoms with Crippen LogP contribution in [0.3, 0.4) is 0 Å². The van der Waals surface area contributed by atoms with Crippen LogP contribution in [0.25, 0.3) is 0 Å². The number of amides is 1. The summed E-state index contributed by atoms with van der Waals surface area (Å²) in [6, 6.07) is 7.06. The quantitative estimate of drug-likeness (QED) is 0.792. The molecule has 0 heterocycles. The standard InChI is InChI=1S/C14H19NO4/c1-10(2)19-9-11-4-6-12(7-5-11)14(17)15-8-13(16)18-3/h4-7,10H,8-9H2,1-3H3,(H,15,17). The van der Waals surface area contributed by atoms with Gasteiger partial charge < -0.3 is 14.8 Å². The summed E-state index contributed by atoms with van der Waals surface area (Å²) in [4.78, 5) is 22.6. The van der Waals surface area contributed by atoms with Crippen molar-refractivity contribution >= 4 is 11.9 Å². The average Bonchev–Trinajstić information content (AvgIpc) is 2.42. The van der Waals surface area contributed by atoms with Crippen molar-refractivity contribution in [2.45, 2.75) is 26.6 Å². The van der Waals surface area contributed by atoms with Crippen molar-refractivity contribution in [1.82, 2.24) is 5.32 Å². The summed E-state index contributed by atoms with van der Waals surface area (Å²) in [5, 5.41) is 2.47. The van der Waals surface area contributed by atoms with Crippen molar-refractivity contribution in [1.29, 1.82) is 0 Å². The van der Waals surface area contributed by atoms with Gasteiger partial charge in [-0.25, -0.2) is 0 Å². The van der Waals surface area contributed by atoms with E-state index in [0.717, 1.165) is 5.56 Å².